The van der Waals surface area contributed by atoms with E-state index in [1.165, 1.54) is 41.4 Å². The molecule has 1 aliphatic heterocycles. The van der Waals surface area contributed by atoms with E-state index in [0.717, 1.165) is 14.2 Å². The van der Waals surface area contributed by atoms with Crippen LogP contribution in [-0.2, 0) is 11.3 Å². The molecule has 0 aliphatic carbocycles. The third-order valence-electron chi connectivity index (χ3n) is 4.26. The summed E-state index contributed by atoms with van der Waals surface area (Å²) in [4.78, 5) is 51.7. The number of fused-ring (bicyclic) bond motifs is 1. The second-order valence-corrected chi connectivity index (χ2v) is 7.95. The van der Waals surface area contributed by atoms with E-state index in [-0.39, 0.29) is 11.1 Å². The van der Waals surface area contributed by atoms with E-state index in [0.29, 0.717) is 6.54 Å². The lowest BCUT2D eigenvalue weighted by Crippen LogP contribution is -2.48. The van der Waals surface area contributed by atoms with Crippen molar-refractivity contribution in [3.63, 3.8) is 0 Å². The second-order valence-electron chi connectivity index (χ2n) is 6.04. The number of nitro benzene ring substituents is 1. The molecule has 1 aliphatic rings. The lowest BCUT2D eigenvalue weighted by molar-refractivity contribution is -0.385. The van der Waals surface area contributed by atoms with E-state index in [2.05, 4.69) is 15.9 Å². The molecular weight excluding hydrogens is 438 g/mol. The molecule has 2 heterocycles. The smallest absolute Gasteiger partial charge is 0.282 e. The zero-order valence-corrected chi connectivity index (χ0v) is 16.7. The van der Waals surface area contributed by atoms with Gasteiger partial charge in [-0.25, -0.2) is 0 Å². The van der Waals surface area contributed by atoms with Crippen LogP contribution in [0.25, 0.3) is 0 Å². The third-order valence-corrected chi connectivity index (χ3v) is 5.94. The number of benzene rings is 1. The fourth-order valence-electron chi connectivity index (χ4n) is 2.97. The molecule has 1 aromatic heterocycles. The Morgan fingerprint density at radius 1 is 1.37 bits per heavy atom. The van der Waals surface area contributed by atoms with E-state index in [1.54, 1.807) is 7.05 Å². The van der Waals surface area contributed by atoms with Gasteiger partial charge in [-0.2, -0.15) is 0 Å². The zero-order chi connectivity index (χ0) is 19.9. The molecule has 27 heavy (non-hydrogen) atoms. The number of hydrogen-bond donors (Lipinski definition) is 0. The van der Waals surface area contributed by atoms with Crippen LogP contribution >= 0.6 is 27.3 Å². The number of likely N-dealkylation sites (N-methyl/N-ethyl adjacent to an activating group) is 1. The number of carbonyl (C=O) groups is 3. The minimum Gasteiger partial charge on any atom is -0.339 e. The predicted molar refractivity (Wildman–Crippen MR) is 102 cm³/mol. The van der Waals surface area contributed by atoms with Crippen LogP contribution < -0.4 is 0 Å². The van der Waals surface area contributed by atoms with E-state index in [4.69, 9.17) is 0 Å². The largest absolute Gasteiger partial charge is 0.339 e. The molecule has 0 radical (unpaired) electrons. The Bertz CT molecular complexity index is 973. The SMILES string of the molecule is CC(C(=O)N(C)Cc1cc(Br)cs1)N1C(=O)c2cccc([N+](=O)[O-])c2C1=O. The highest BCUT2D eigenvalue weighted by molar-refractivity contribution is 9.10. The highest BCUT2D eigenvalue weighted by Crippen LogP contribution is 2.32. The highest BCUT2D eigenvalue weighted by Gasteiger charge is 2.45. The van der Waals surface area contributed by atoms with E-state index in [9.17, 15) is 24.5 Å². The Hall–Kier alpha value is -2.59. The summed E-state index contributed by atoms with van der Waals surface area (Å²) < 4.78 is 0.907. The van der Waals surface area contributed by atoms with E-state index in [1.807, 2.05) is 11.4 Å². The Kier molecular flexibility index (Phi) is 5.11. The maximum Gasteiger partial charge on any atom is 0.282 e. The molecular formula is C17H14BrN3O5S. The molecule has 1 atom stereocenters. The highest BCUT2D eigenvalue weighted by atomic mass is 79.9. The lowest BCUT2D eigenvalue weighted by Gasteiger charge is -2.26. The fraction of sp³-hybridized carbons (Fsp3) is 0.235. The Morgan fingerprint density at radius 2 is 2.07 bits per heavy atom. The molecule has 3 amide bonds. The van der Waals surface area contributed by atoms with Crippen molar-refractivity contribution in [2.75, 3.05) is 7.05 Å². The van der Waals surface area contributed by atoms with Gasteiger partial charge in [0.05, 0.1) is 17.0 Å². The van der Waals surface area contributed by atoms with Gasteiger partial charge in [-0.1, -0.05) is 6.07 Å². The predicted octanol–water partition coefficient (Wildman–Crippen LogP) is 3.06. The molecule has 1 unspecified atom stereocenters. The average Bonchev–Trinajstić information content (AvgIpc) is 3.14. The van der Waals surface area contributed by atoms with Gasteiger partial charge < -0.3 is 4.90 Å². The molecule has 2 aromatic rings. The Labute approximate surface area is 166 Å². The number of rotatable bonds is 5. The molecule has 0 spiro atoms. The Morgan fingerprint density at radius 3 is 2.67 bits per heavy atom. The van der Waals surface area contributed by atoms with Gasteiger partial charge in [0.25, 0.3) is 17.5 Å². The molecule has 0 saturated carbocycles. The summed E-state index contributed by atoms with van der Waals surface area (Å²) in [6.07, 6.45) is 0. The van der Waals surface area contributed by atoms with Gasteiger partial charge in [0, 0.05) is 27.8 Å². The minimum absolute atomic E-state index is 0.0568. The number of thiophene rings is 1. The third kappa shape index (κ3) is 3.37. The molecule has 3 rings (SSSR count). The summed E-state index contributed by atoms with van der Waals surface area (Å²) in [5.74, 6) is -1.96. The number of imide groups is 1. The first-order valence-electron chi connectivity index (χ1n) is 7.85. The molecule has 0 fully saturated rings. The molecule has 8 nitrogen and oxygen atoms in total. The van der Waals surface area contributed by atoms with Gasteiger partial charge in [-0.15, -0.1) is 11.3 Å². The van der Waals surface area contributed by atoms with Gasteiger partial charge in [0.15, 0.2) is 0 Å². The molecule has 0 N–H and O–H groups in total. The number of hydrogen-bond acceptors (Lipinski definition) is 6. The Balaban J connectivity index is 1.84. The fourth-order valence-corrected chi connectivity index (χ4v) is 4.47. The van der Waals surface area contributed by atoms with Crippen LogP contribution in [0, 0.1) is 10.1 Å². The number of halogens is 1. The van der Waals surface area contributed by atoms with Gasteiger partial charge in [0.1, 0.15) is 11.6 Å². The summed E-state index contributed by atoms with van der Waals surface area (Å²) in [6.45, 7) is 1.76. The van der Waals surface area contributed by atoms with Crippen molar-refractivity contribution in [2.45, 2.75) is 19.5 Å². The van der Waals surface area contributed by atoms with Gasteiger partial charge >= 0.3 is 0 Å². The minimum atomic E-state index is -1.08. The van der Waals surface area contributed by atoms with Gasteiger partial charge in [-0.3, -0.25) is 29.4 Å². The topological polar surface area (TPSA) is 101 Å². The van der Waals surface area contributed by atoms with Crippen LogP contribution in [-0.4, -0.2) is 45.5 Å². The van der Waals surface area contributed by atoms with Crippen LogP contribution in [0.4, 0.5) is 5.69 Å². The van der Waals surface area contributed by atoms with Crippen LogP contribution in [0.15, 0.2) is 34.1 Å². The van der Waals surface area contributed by atoms with Crippen molar-refractivity contribution in [1.82, 2.24) is 9.80 Å². The summed E-state index contributed by atoms with van der Waals surface area (Å²) in [5, 5.41) is 13.1. The maximum absolute atomic E-state index is 12.7. The number of nitro groups is 1. The van der Waals surface area contributed by atoms with Crippen LogP contribution in [0.1, 0.15) is 32.5 Å². The van der Waals surface area contributed by atoms with Gasteiger partial charge in [0.2, 0.25) is 5.91 Å². The van der Waals surface area contributed by atoms with E-state index < -0.39 is 34.4 Å². The maximum atomic E-state index is 12.7. The zero-order valence-electron chi connectivity index (χ0n) is 14.3. The summed E-state index contributed by atoms with van der Waals surface area (Å²) in [6, 6.07) is 4.67. The van der Waals surface area contributed by atoms with Crippen LogP contribution in [0.2, 0.25) is 0 Å². The summed E-state index contributed by atoms with van der Waals surface area (Å²) in [7, 11) is 1.58. The van der Waals surface area contributed by atoms with Crippen LogP contribution in [0.5, 0.6) is 0 Å². The molecule has 10 heteroatoms. The van der Waals surface area contributed by atoms with Crippen molar-refractivity contribution >= 4 is 50.7 Å². The molecule has 0 bridgehead atoms. The summed E-state index contributed by atoms with van der Waals surface area (Å²) >= 11 is 4.82. The molecule has 140 valence electrons. The van der Waals surface area contributed by atoms with E-state index >= 15 is 0 Å². The number of nitrogens with zero attached hydrogens (tertiary/aromatic N) is 3. The van der Waals surface area contributed by atoms with Crippen LogP contribution in [0.3, 0.4) is 0 Å². The second kappa shape index (κ2) is 7.20. The van der Waals surface area contributed by atoms with Crippen molar-refractivity contribution < 1.29 is 19.3 Å². The lowest BCUT2D eigenvalue weighted by atomic mass is 10.1. The normalized spacial score (nSPS) is 14.3. The van der Waals surface area contributed by atoms with Crippen molar-refractivity contribution in [3.05, 3.63) is 60.2 Å². The monoisotopic (exact) mass is 451 g/mol. The quantitative estimate of drug-likeness (QED) is 0.394. The van der Waals surface area contributed by atoms with Crippen molar-refractivity contribution in [1.29, 1.82) is 0 Å². The molecule has 1 aromatic carbocycles. The summed E-state index contributed by atoms with van der Waals surface area (Å²) in [5.41, 5.74) is -0.763. The van der Waals surface area contributed by atoms with Crippen molar-refractivity contribution in [2.24, 2.45) is 0 Å². The standard InChI is InChI=1S/C17H14BrN3O5S/c1-9(15(22)19(2)7-11-6-10(18)8-27-11)20-16(23)12-4-3-5-13(21(25)26)14(12)17(20)24/h3-6,8-9H,7H2,1-2H3. The first-order valence-corrected chi connectivity index (χ1v) is 9.52. The number of amides is 3. The first kappa shape index (κ1) is 19.2. The van der Waals surface area contributed by atoms with Crippen molar-refractivity contribution in [3.8, 4) is 0 Å². The molecule has 0 saturated heterocycles. The average molecular weight is 452 g/mol. The first-order chi connectivity index (χ1) is 12.7. The number of carbonyl (C=O) groups excluding carboxylic acids is 3. The van der Waals surface area contributed by atoms with Gasteiger partial charge in [-0.05, 0) is 35.0 Å².